The summed E-state index contributed by atoms with van der Waals surface area (Å²) in [5, 5.41) is 2.08. The highest BCUT2D eigenvalue weighted by atomic mass is 32.1. The second-order valence-electron chi connectivity index (χ2n) is 9.41. The normalized spacial score (nSPS) is 14.9. The summed E-state index contributed by atoms with van der Waals surface area (Å²) in [5.41, 5.74) is 3.34. The first-order valence-corrected chi connectivity index (χ1v) is 13.3. The van der Waals surface area contributed by atoms with Gasteiger partial charge in [0.25, 0.3) is 0 Å². The van der Waals surface area contributed by atoms with Gasteiger partial charge < -0.3 is 14.5 Å². The van der Waals surface area contributed by atoms with Gasteiger partial charge in [-0.05, 0) is 52.6 Å². The fraction of sp³-hybridized carbons (Fsp3) is 0.333. The molecule has 6 heteroatoms. The lowest BCUT2D eigenvalue weighted by molar-refractivity contribution is -0.142. The number of rotatable bonds is 10. The lowest BCUT2D eigenvalue weighted by Crippen LogP contribution is -2.48. The van der Waals surface area contributed by atoms with E-state index in [1.165, 1.54) is 10.4 Å². The molecule has 2 heterocycles. The number of carbonyl (C=O) groups excluding carboxylic acids is 2. The Hall–Kier alpha value is -3.38. The minimum absolute atomic E-state index is 0.0245. The van der Waals surface area contributed by atoms with Gasteiger partial charge >= 0.3 is 0 Å². The third kappa shape index (κ3) is 6.24. The zero-order valence-corrected chi connectivity index (χ0v) is 21.9. The van der Waals surface area contributed by atoms with Crippen molar-refractivity contribution in [1.29, 1.82) is 0 Å². The quantitative estimate of drug-likeness (QED) is 0.338. The number of fused-ring (bicyclic) bond motifs is 1. The fourth-order valence-corrected chi connectivity index (χ4v) is 5.47. The number of hydrogen-bond donors (Lipinski definition) is 0. The van der Waals surface area contributed by atoms with Gasteiger partial charge in [-0.25, -0.2) is 0 Å². The van der Waals surface area contributed by atoms with Gasteiger partial charge in [0.15, 0.2) is 0 Å². The van der Waals surface area contributed by atoms with E-state index in [1.54, 1.807) is 22.3 Å². The molecule has 2 amide bonds. The molecule has 0 bridgehead atoms. The van der Waals surface area contributed by atoms with Crippen molar-refractivity contribution < 1.29 is 14.3 Å². The number of thiophene rings is 1. The Bertz CT molecular complexity index is 1170. The lowest BCUT2D eigenvalue weighted by Gasteiger charge is -2.37. The van der Waals surface area contributed by atoms with E-state index >= 15 is 0 Å². The highest BCUT2D eigenvalue weighted by molar-refractivity contribution is 7.10. The minimum Gasteiger partial charge on any atom is -0.491 e. The summed E-state index contributed by atoms with van der Waals surface area (Å²) in [6.45, 7) is 9.46. The number of ether oxygens (including phenoxy) is 1. The molecule has 0 spiro atoms. The first kappa shape index (κ1) is 25.7. The Balaban J connectivity index is 1.47. The molecule has 0 saturated heterocycles. The number of benzene rings is 2. The summed E-state index contributed by atoms with van der Waals surface area (Å²) in [6.07, 6.45) is 2.75. The number of carbonyl (C=O) groups is 2. The molecule has 0 fully saturated rings. The molecule has 1 atom stereocenters. The average Bonchev–Trinajstić information content (AvgIpc) is 3.37. The van der Waals surface area contributed by atoms with E-state index in [4.69, 9.17) is 4.74 Å². The molecule has 1 aromatic heterocycles. The van der Waals surface area contributed by atoms with E-state index in [0.717, 1.165) is 23.3 Å². The van der Waals surface area contributed by atoms with Gasteiger partial charge in [-0.3, -0.25) is 9.59 Å². The van der Waals surface area contributed by atoms with E-state index in [2.05, 4.69) is 44.0 Å². The molecular weight excluding hydrogens is 468 g/mol. The Morgan fingerprint density at radius 1 is 1.14 bits per heavy atom. The van der Waals surface area contributed by atoms with E-state index in [-0.39, 0.29) is 30.8 Å². The monoisotopic (exact) mass is 502 g/mol. The van der Waals surface area contributed by atoms with E-state index in [0.29, 0.717) is 25.6 Å². The van der Waals surface area contributed by atoms with Gasteiger partial charge in [-0.1, -0.05) is 62.4 Å². The van der Waals surface area contributed by atoms with Crippen LogP contribution in [0.25, 0.3) is 0 Å². The van der Waals surface area contributed by atoms with Gasteiger partial charge in [-0.15, -0.1) is 17.9 Å². The maximum absolute atomic E-state index is 13.6. The van der Waals surface area contributed by atoms with E-state index in [9.17, 15) is 9.59 Å². The summed E-state index contributed by atoms with van der Waals surface area (Å²) >= 11 is 1.73. The van der Waals surface area contributed by atoms with Gasteiger partial charge in [0.2, 0.25) is 11.8 Å². The SMILES string of the molecule is C=CCN(CC(=O)N1CCc2sccc2[C@@H]1COc1ccc(C(C)C)cc1)C(=O)Cc1ccccc1. The van der Waals surface area contributed by atoms with Crippen molar-refractivity contribution in [3.8, 4) is 5.75 Å². The third-order valence-corrected chi connectivity index (χ3v) is 7.59. The maximum atomic E-state index is 13.6. The summed E-state index contributed by atoms with van der Waals surface area (Å²) in [6, 6.07) is 19.7. The largest absolute Gasteiger partial charge is 0.491 e. The number of hydrogen-bond acceptors (Lipinski definition) is 4. The van der Waals surface area contributed by atoms with Crippen LogP contribution in [-0.2, 0) is 22.4 Å². The smallest absolute Gasteiger partial charge is 0.242 e. The molecule has 2 aromatic carbocycles. The van der Waals surface area contributed by atoms with Crippen LogP contribution in [0.1, 0.15) is 47.4 Å². The molecule has 3 aromatic rings. The second kappa shape index (κ2) is 12.0. The second-order valence-corrected chi connectivity index (χ2v) is 10.4. The zero-order chi connectivity index (χ0) is 25.5. The zero-order valence-electron chi connectivity index (χ0n) is 21.1. The average molecular weight is 503 g/mol. The van der Waals surface area contributed by atoms with Crippen LogP contribution in [0.3, 0.4) is 0 Å². The highest BCUT2D eigenvalue weighted by Gasteiger charge is 2.33. The first-order chi connectivity index (χ1) is 17.5. The topological polar surface area (TPSA) is 49.9 Å². The Morgan fingerprint density at radius 2 is 1.89 bits per heavy atom. The number of amides is 2. The van der Waals surface area contributed by atoms with E-state index < -0.39 is 0 Å². The molecule has 188 valence electrons. The summed E-state index contributed by atoms with van der Waals surface area (Å²) in [7, 11) is 0. The Labute approximate surface area is 218 Å². The summed E-state index contributed by atoms with van der Waals surface area (Å²) < 4.78 is 6.18. The molecule has 5 nitrogen and oxygen atoms in total. The van der Waals surface area contributed by atoms with Crippen molar-refractivity contribution in [2.24, 2.45) is 0 Å². The molecule has 36 heavy (non-hydrogen) atoms. The predicted molar refractivity (Wildman–Crippen MR) is 145 cm³/mol. The van der Waals surface area contributed by atoms with Gasteiger partial charge in [-0.2, -0.15) is 0 Å². The molecule has 1 aliphatic heterocycles. The summed E-state index contributed by atoms with van der Waals surface area (Å²) in [4.78, 5) is 31.4. The van der Waals surface area contributed by atoms with Crippen LogP contribution in [-0.4, -0.2) is 47.9 Å². The van der Waals surface area contributed by atoms with Crippen molar-refractivity contribution in [3.63, 3.8) is 0 Å². The molecule has 0 N–H and O–H groups in total. The van der Waals surface area contributed by atoms with Crippen LogP contribution in [0.2, 0.25) is 0 Å². The minimum atomic E-state index is -0.188. The number of nitrogens with zero attached hydrogens (tertiary/aromatic N) is 2. The lowest BCUT2D eigenvalue weighted by atomic mass is 10.00. The van der Waals surface area contributed by atoms with Crippen LogP contribution in [0.5, 0.6) is 5.75 Å². The maximum Gasteiger partial charge on any atom is 0.242 e. The van der Waals surface area contributed by atoms with Crippen LogP contribution in [0.4, 0.5) is 0 Å². The van der Waals surface area contributed by atoms with Crippen molar-refractivity contribution in [1.82, 2.24) is 9.80 Å². The molecule has 1 aliphatic rings. The van der Waals surface area contributed by atoms with Gasteiger partial charge in [0.05, 0.1) is 12.5 Å². The van der Waals surface area contributed by atoms with Crippen LogP contribution in [0, 0.1) is 0 Å². The highest BCUT2D eigenvalue weighted by Crippen LogP contribution is 2.34. The molecule has 0 saturated carbocycles. The first-order valence-electron chi connectivity index (χ1n) is 12.5. The molecule has 0 unspecified atom stereocenters. The van der Waals surface area contributed by atoms with Crippen LogP contribution < -0.4 is 4.74 Å². The van der Waals surface area contributed by atoms with Crippen molar-refractivity contribution in [2.75, 3.05) is 26.2 Å². The predicted octanol–water partition coefficient (Wildman–Crippen LogP) is 5.63. The third-order valence-electron chi connectivity index (χ3n) is 6.60. The Kier molecular flexibility index (Phi) is 8.60. The molecular formula is C30H34N2O3S. The molecule has 4 rings (SSSR count). The summed E-state index contributed by atoms with van der Waals surface area (Å²) in [5.74, 6) is 1.10. The van der Waals surface area contributed by atoms with Crippen molar-refractivity contribution in [2.45, 2.75) is 38.6 Å². The van der Waals surface area contributed by atoms with Crippen LogP contribution in [0.15, 0.2) is 78.7 Å². The Morgan fingerprint density at radius 3 is 2.58 bits per heavy atom. The van der Waals surface area contributed by atoms with Gasteiger partial charge in [0, 0.05) is 18.0 Å². The van der Waals surface area contributed by atoms with Gasteiger partial charge in [0.1, 0.15) is 18.9 Å². The standard InChI is InChI=1S/C30H34N2O3S/c1-4-16-31(29(33)19-23-8-6-5-7-9-23)20-30(34)32-17-14-28-26(15-18-36-28)27(32)21-35-25-12-10-24(11-13-25)22(2)3/h4-13,15,18,22,27H,1,14,16-17,19-21H2,2-3H3/t27-/m0/s1. The van der Waals surface area contributed by atoms with Crippen molar-refractivity contribution >= 4 is 23.2 Å². The van der Waals surface area contributed by atoms with Crippen molar-refractivity contribution in [3.05, 3.63) is 100 Å². The van der Waals surface area contributed by atoms with E-state index in [1.807, 2.05) is 47.4 Å². The fourth-order valence-electron chi connectivity index (χ4n) is 4.55. The molecule has 0 radical (unpaired) electrons. The molecule has 0 aliphatic carbocycles. The van der Waals surface area contributed by atoms with Crippen LogP contribution >= 0.6 is 11.3 Å².